The molecule has 0 aliphatic carbocycles. The molecule has 4 heteroatoms. The fourth-order valence-corrected chi connectivity index (χ4v) is 1.25. The third-order valence-electron chi connectivity index (χ3n) is 2.22. The first-order valence-electron chi connectivity index (χ1n) is 4.85. The van der Waals surface area contributed by atoms with Crippen LogP contribution in [-0.4, -0.2) is 17.6 Å². The monoisotopic (exact) mass is 211 g/mol. The Morgan fingerprint density at radius 2 is 2.33 bits per heavy atom. The van der Waals surface area contributed by atoms with Gasteiger partial charge in [0.05, 0.1) is 5.92 Å². The SMILES string of the molecule is CCC(CNc1cccc(F)c1)C(=O)O. The molecule has 3 nitrogen and oxygen atoms in total. The zero-order valence-corrected chi connectivity index (χ0v) is 8.53. The van der Waals surface area contributed by atoms with Crippen LogP contribution < -0.4 is 5.32 Å². The van der Waals surface area contributed by atoms with Gasteiger partial charge in [-0.15, -0.1) is 0 Å². The molecule has 0 aliphatic heterocycles. The lowest BCUT2D eigenvalue weighted by atomic mass is 10.1. The summed E-state index contributed by atoms with van der Waals surface area (Å²) in [5, 5.41) is 11.7. The van der Waals surface area contributed by atoms with Gasteiger partial charge in [-0.25, -0.2) is 4.39 Å². The minimum absolute atomic E-state index is 0.315. The molecule has 1 rings (SSSR count). The van der Waals surface area contributed by atoms with E-state index in [9.17, 15) is 9.18 Å². The maximum atomic E-state index is 12.8. The summed E-state index contributed by atoms with van der Waals surface area (Å²) in [5.74, 6) is -1.60. The standard InChI is InChI=1S/C11H14FNO2/c1-2-8(11(14)15)7-13-10-5-3-4-9(12)6-10/h3-6,8,13H,2,7H2,1H3,(H,14,15). The molecule has 0 saturated carbocycles. The van der Waals surface area contributed by atoms with Gasteiger partial charge in [-0.05, 0) is 24.6 Å². The van der Waals surface area contributed by atoms with E-state index in [1.54, 1.807) is 12.1 Å². The molecule has 82 valence electrons. The predicted molar refractivity (Wildman–Crippen MR) is 56.3 cm³/mol. The highest BCUT2D eigenvalue weighted by molar-refractivity contribution is 5.70. The molecule has 0 radical (unpaired) electrons. The second-order valence-electron chi connectivity index (χ2n) is 3.33. The molecule has 1 aromatic rings. The highest BCUT2D eigenvalue weighted by Crippen LogP contribution is 2.11. The van der Waals surface area contributed by atoms with Crippen LogP contribution in [-0.2, 0) is 4.79 Å². The van der Waals surface area contributed by atoms with E-state index in [1.165, 1.54) is 12.1 Å². The van der Waals surface area contributed by atoms with E-state index in [1.807, 2.05) is 6.92 Å². The van der Waals surface area contributed by atoms with Crippen LogP contribution in [0.5, 0.6) is 0 Å². The Labute approximate surface area is 87.9 Å². The predicted octanol–water partition coefficient (Wildman–Crippen LogP) is 2.35. The Morgan fingerprint density at radius 1 is 1.60 bits per heavy atom. The quantitative estimate of drug-likeness (QED) is 0.786. The van der Waals surface area contributed by atoms with Crippen molar-refractivity contribution in [2.45, 2.75) is 13.3 Å². The van der Waals surface area contributed by atoms with Crippen LogP contribution >= 0.6 is 0 Å². The zero-order chi connectivity index (χ0) is 11.3. The Kier molecular flexibility index (Phi) is 4.09. The molecular formula is C11H14FNO2. The molecule has 1 atom stereocenters. The Bertz CT molecular complexity index is 341. The minimum Gasteiger partial charge on any atom is -0.481 e. The van der Waals surface area contributed by atoms with Crippen LogP contribution in [0.3, 0.4) is 0 Å². The number of carboxylic acid groups (broad SMARTS) is 1. The maximum Gasteiger partial charge on any atom is 0.308 e. The van der Waals surface area contributed by atoms with Crippen molar-refractivity contribution in [3.05, 3.63) is 30.1 Å². The lowest BCUT2D eigenvalue weighted by Crippen LogP contribution is -2.22. The summed E-state index contributed by atoms with van der Waals surface area (Å²) in [5.41, 5.74) is 0.606. The summed E-state index contributed by atoms with van der Waals surface area (Å²) in [7, 11) is 0. The van der Waals surface area contributed by atoms with Crippen molar-refractivity contribution in [2.24, 2.45) is 5.92 Å². The molecular weight excluding hydrogens is 197 g/mol. The van der Waals surface area contributed by atoms with Gasteiger partial charge < -0.3 is 10.4 Å². The number of carboxylic acids is 1. The normalized spacial score (nSPS) is 12.1. The van der Waals surface area contributed by atoms with E-state index >= 15 is 0 Å². The number of anilines is 1. The summed E-state index contributed by atoms with van der Waals surface area (Å²) >= 11 is 0. The summed E-state index contributed by atoms with van der Waals surface area (Å²) in [4.78, 5) is 10.7. The van der Waals surface area contributed by atoms with Crippen molar-refractivity contribution in [3.8, 4) is 0 Å². The maximum absolute atomic E-state index is 12.8. The Hall–Kier alpha value is -1.58. The van der Waals surface area contributed by atoms with E-state index in [0.717, 1.165) is 0 Å². The van der Waals surface area contributed by atoms with Gasteiger partial charge in [0.15, 0.2) is 0 Å². The van der Waals surface area contributed by atoms with Gasteiger partial charge in [0.25, 0.3) is 0 Å². The van der Waals surface area contributed by atoms with Gasteiger partial charge in [-0.3, -0.25) is 4.79 Å². The third kappa shape index (κ3) is 3.58. The number of carbonyl (C=O) groups is 1. The first-order chi connectivity index (χ1) is 7.13. The molecule has 2 N–H and O–H groups in total. The number of rotatable bonds is 5. The van der Waals surface area contributed by atoms with Crippen LogP contribution in [0.2, 0.25) is 0 Å². The van der Waals surface area contributed by atoms with E-state index in [-0.39, 0.29) is 5.82 Å². The molecule has 0 aliphatic rings. The lowest BCUT2D eigenvalue weighted by Gasteiger charge is -2.11. The number of halogens is 1. The molecule has 0 saturated heterocycles. The van der Waals surface area contributed by atoms with Gasteiger partial charge in [-0.1, -0.05) is 13.0 Å². The average molecular weight is 211 g/mol. The molecule has 0 aromatic heterocycles. The minimum atomic E-state index is -0.832. The van der Waals surface area contributed by atoms with Crippen molar-refractivity contribution < 1.29 is 14.3 Å². The fourth-order valence-electron chi connectivity index (χ4n) is 1.25. The van der Waals surface area contributed by atoms with E-state index in [2.05, 4.69) is 5.32 Å². The van der Waals surface area contributed by atoms with E-state index in [4.69, 9.17) is 5.11 Å². The summed E-state index contributed by atoms with van der Waals surface area (Å²) in [6.45, 7) is 2.13. The van der Waals surface area contributed by atoms with Gasteiger partial charge >= 0.3 is 5.97 Å². The second kappa shape index (κ2) is 5.34. The number of hydrogen-bond donors (Lipinski definition) is 2. The van der Waals surface area contributed by atoms with Crippen LogP contribution in [0.1, 0.15) is 13.3 Å². The third-order valence-corrected chi connectivity index (χ3v) is 2.22. The molecule has 0 bridgehead atoms. The average Bonchev–Trinajstić information content (AvgIpc) is 2.18. The van der Waals surface area contributed by atoms with E-state index in [0.29, 0.717) is 18.7 Å². The van der Waals surface area contributed by atoms with Gasteiger partial charge in [0, 0.05) is 12.2 Å². The lowest BCUT2D eigenvalue weighted by molar-refractivity contribution is -0.141. The fraction of sp³-hybridized carbons (Fsp3) is 0.364. The Balaban J connectivity index is 2.52. The first-order valence-corrected chi connectivity index (χ1v) is 4.85. The molecule has 0 fully saturated rings. The Morgan fingerprint density at radius 3 is 2.87 bits per heavy atom. The largest absolute Gasteiger partial charge is 0.481 e. The highest BCUT2D eigenvalue weighted by Gasteiger charge is 2.14. The second-order valence-corrected chi connectivity index (χ2v) is 3.33. The summed E-state index contributed by atoms with van der Waals surface area (Å²) < 4.78 is 12.8. The summed E-state index contributed by atoms with van der Waals surface area (Å²) in [6, 6.07) is 5.98. The van der Waals surface area contributed by atoms with Crippen LogP contribution in [0.15, 0.2) is 24.3 Å². The van der Waals surface area contributed by atoms with Crippen LogP contribution in [0.25, 0.3) is 0 Å². The molecule has 1 unspecified atom stereocenters. The number of nitrogens with one attached hydrogen (secondary N) is 1. The molecule has 0 spiro atoms. The van der Waals surface area contributed by atoms with Crippen LogP contribution in [0, 0.1) is 11.7 Å². The van der Waals surface area contributed by atoms with Crippen molar-refractivity contribution in [2.75, 3.05) is 11.9 Å². The van der Waals surface area contributed by atoms with Gasteiger partial charge in [0.2, 0.25) is 0 Å². The molecule has 1 aromatic carbocycles. The highest BCUT2D eigenvalue weighted by atomic mass is 19.1. The van der Waals surface area contributed by atoms with E-state index < -0.39 is 11.9 Å². The number of aliphatic carboxylic acids is 1. The zero-order valence-electron chi connectivity index (χ0n) is 8.53. The van der Waals surface area contributed by atoms with Crippen LogP contribution in [0.4, 0.5) is 10.1 Å². The molecule has 0 heterocycles. The van der Waals surface area contributed by atoms with Gasteiger partial charge in [-0.2, -0.15) is 0 Å². The van der Waals surface area contributed by atoms with Crippen molar-refractivity contribution >= 4 is 11.7 Å². The smallest absolute Gasteiger partial charge is 0.308 e. The first kappa shape index (κ1) is 11.5. The molecule has 15 heavy (non-hydrogen) atoms. The van der Waals surface area contributed by atoms with Crippen molar-refractivity contribution in [3.63, 3.8) is 0 Å². The topological polar surface area (TPSA) is 49.3 Å². The van der Waals surface area contributed by atoms with Crippen molar-refractivity contribution in [1.29, 1.82) is 0 Å². The summed E-state index contributed by atoms with van der Waals surface area (Å²) in [6.07, 6.45) is 0.553. The van der Waals surface area contributed by atoms with Gasteiger partial charge in [0.1, 0.15) is 5.82 Å². The molecule has 0 amide bonds. The van der Waals surface area contributed by atoms with Crippen molar-refractivity contribution in [1.82, 2.24) is 0 Å². The number of hydrogen-bond acceptors (Lipinski definition) is 2. The number of benzene rings is 1.